The van der Waals surface area contributed by atoms with Crippen LogP contribution in [0, 0.1) is 5.82 Å². The maximum atomic E-state index is 13.0. The largest absolute Gasteiger partial charge is 0.506 e. The second kappa shape index (κ2) is 5.27. The van der Waals surface area contributed by atoms with Crippen LogP contribution in [0.1, 0.15) is 10.4 Å². The maximum Gasteiger partial charge on any atom is 0.255 e. The van der Waals surface area contributed by atoms with Gasteiger partial charge in [-0.1, -0.05) is 0 Å². The Bertz CT molecular complexity index is 647. The van der Waals surface area contributed by atoms with E-state index in [2.05, 4.69) is 21.2 Å². The lowest BCUT2D eigenvalue weighted by molar-refractivity contribution is 0.102. The van der Waals surface area contributed by atoms with Crippen LogP contribution in [-0.4, -0.2) is 11.0 Å². The zero-order valence-corrected chi connectivity index (χ0v) is 11.2. The summed E-state index contributed by atoms with van der Waals surface area (Å²) in [7, 11) is 0. The van der Waals surface area contributed by atoms with Crippen LogP contribution >= 0.6 is 15.9 Å². The average molecular weight is 325 g/mol. The first-order valence-corrected chi connectivity index (χ1v) is 6.11. The van der Waals surface area contributed by atoms with Gasteiger partial charge in [-0.3, -0.25) is 4.79 Å². The number of benzene rings is 2. The van der Waals surface area contributed by atoms with Gasteiger partial charge in [0.2, 0.25) is 0 Å². The van der Waals surface area contributed by atoms with Gasteiger partial charge in [-0.2, -0.15) is 0 Å². The van der Waals surface area contributed by atoms with Crippen LogP contribution in [-0.2, 0) is 0 Å². The van der Waals surface area contributed by atoms with E-state index in [1.165, 1.54) is 36.4 Å². The number of anilines is 2. The topological polar surface area (TPSA) is 75.4 Å². The lowest BCUT2D eigenvalue weighted by atomic mass is 10.1. The number of nitrogen functional groups attached to an aromatic ring is 1. The van der Waals surface area contributed by atoms with Crippen LogP contribution < -0.4 is 11.1 Å². The fourth-order valence-corrected chi connectivity index (χ4v) is 1.84. The van der Waals surface area contributed by atoms with E-state index in [0.717, 1.165) is 0 Å². The molecule has 0 atom stereocenters. The number of hydrogen-bond acceptors (Lipinski definition) is 3. The summed E-state index contributed by atoms with van der Waals surface area (Å²) in [5.41, 5.74) is 6.34. The smallest absolute Gasteiger partial charge is 0.255 e. The van der Waals surface area contributed by atoms with Crippen molar-refractivity contribution in [1.29, 1.82) is 0 Å². The van der Waals surface area contributed by atoms with Crippen LogP contribution in [0.25, 0.3) is 0 Å². The van der Waals surface area contributed by atoms with Gasteiger partial charge >= 0.3 is 0 Å². The Balaban J connectivity index is 2.20. The molecule has 0 aliphatic carbocycles. The van der Waals surface area contributed by atoms with Gasteiger partial charge in [-0.05, 0) is 52.3 Å². The number of carbonyl (C=O) groups is 1. The molecule has 98 valence electrons. The molecule has 6 heteroatoms. The van der Waals surface area contributed by atoms with E-state index < -0.39 is 11.7 Å². The molecule has 0 aliphatic rings. The highest BCUT2D eigenvalue weighted by molar-refractivity contribution is 9.10. The van der Waals surface area contributed by atoms with Gasteiger partial charge in [0, 0.05) is 11.3 Å². The standard InChI is InChI=1S/C13H10BrFN2O2/c14-9-6-8(2-3-10(9)15)17-13(19)7-1-4-11(16)12(18)5-7/h1-6,18H,16H2,(H,17,19). The van der Waals surface area contributed by atoms with Crippen molar-refractivity contribution in [2.45, 2.75) is 0 Å². The lowest BCUT2D eigenvalue weighted by Gasteiger charge is -2.07. The molecule has 2 aromatic carbocycles. The molecule has 4 nitrogen and oxygen atoms in total. The first-order chi connectivity index (χ1) is 8.97. The first-order valence-electron chi connectivity index (χ1n) is 5.32. The predicted octanol–water partition coefficient (Wildman–Crippen LogP) is 3.13. The molecule has 0 aromatic heterocycles. The number of phenols is 1. The van der Waals surface area contributed by atoms with Crippen molar-refractivity contribution in [2.24, 2.45) is 0 Å². The third kappa shape index (κ3) is 3.03. The van der Waals surface area contributed by atoms with Crippen molar-refractivity contribution in [2.75, 3.05) is 11.1 Å². The molecular formula is C13H10BrFN2O2. The summed E-state index contributed by atoms with van der Waals surface area (Å²) in [5, 5.41) is 12.0. The van der Waals surface area contributed by atoms with E-state index in [4.69, 9.17) is 5.73 Å². The molecule has 0 radical (unpaired) electrons. The minimum absolute atomic E-state index is 0.159. The number of aromatic hydroxyl groups is 1. The molecule has 0 fully saturated rings. The molecule has 1 amide bonds. The lowest BCUT2D eigenvalue weighted by Crippen LogP contribution is -2.12. The minimum Gasteiger partial charge on any atom is -0.506 e. The Morgan fingerprint density at radius 2 is 2.00 bits per heavy atom. The monoisotopic (exact) mass is 324 g/mol. The van der Waals surface area contributed by atoms with Crippen LogP contribution in [0.4, 0.5) is 15.8 Å². The second-order valence-corrected chi connectivity index (χ2v) is 4.71. The van der Waals surface area contributed by atoms with Gasteiger partial charge in [0.15, 0.2) is 0 Å². The van der Waals surface area contributed by atoms with Gasteiger partial charge in [0.05, 0.1) is 10.2 Å². The van der Waals surface area contributed by atoms with Gasteiger partial charge in [-0.25, -0.2) is 4.39 Å². The summed E-state index contributed by atoms with van der Waals surface area (Å²) in [6.07, 6.45) is 0. The molecule has 19 heavy (non-hydrogen) atoms. The number of nitrogens with two attached hydrogens (primary N) is 1. The quantitative estimate of drug-likeness (QED) is 0.586. The van der Waals surface area contributed by atoms with Crippen LogP contribution in [0.3, 0.4) is 0 Å². The van der Waals surface area contributed by atoms with E-state index in [1.807, 2.05) is 0 Å². The van der Waals surface area contributed by atoms with Crippen molar-refractivity contribution < 1.29 is 14.3 Å². The summed E-state index contributed by atoms with van der Waals surface area (Å²) in [4.78, 5) is 11.9. The van der Waals surface area contributed by atoms with Gasteiger partial charge in [0.1, 0.15) is 11.6 Å². The zero-order chi connectivity index (χ0) is 14.0. The molecule has 2 rings (SSSR count). The molecule has 0 heterocycles. The molecule has 0 spiro atoms. The van der Waals surface area contributed by atoms with E-state index >= 15 is 0 Å². The maximum absolute atomic E-state index is 13.0. The van der Waals surface area contributed by atoms with Crippen LogP contribution in [0.15, 0.2) is 40.9 Å². The van der Waals surface area contributed by atoms with Gasteiger partial charge in [-0.15, -0.1) is 0 Å². The molecule has 4 N–H and O–H groups in total. The molecule has 0 saturated heterocycles. The van der Waals surface area contributed by atoms with E-state index in [9.17, 15) is 14.3 Å². The van der Waals surface area contributed by atoms with Crippen molar-refractivity contribution in [1.82, 2.24) is 0 Å². The van der Waals surface area contributed by atoms with Gasteiger partial charge < -0.3 is 16.2 Å². The SMILES string of the molecule is Nc1ccc(C(=O)Nc2ccc(F)c(Br)c2)cc1O. The molecule has 0 saturated carbocycles. The number of amides is 1. The molecule has 0 aliphatic heterocycles. The Hall–Kier alpha value is -2.08. The van der Waals surface area contributed by atoms with Crippen molar-refractivity contribution in [3.63, 3.8) is 0 Å². The highest BCUT2D eigenvalue weighted by Crippen LogP contribution is 2.23. The van der Waals surface area contributed by atoms with E-state index in [0.29, 0.717) is 5.69 Å². The van der Waals surface area contributed by atoms with Crippen LogP contribution in [0.5, 0.6) is 5.75 Å². The van der Waals surface area contributed by atoms with Crippen LogP contribution in [0.2, 0.25) is 0 Å². The highest BCUT2D eigenvalue weighted by atomic mass is 79.9. The third-order valence-corrected chi connectivity index (χ3v) is 3.08. The minimum atomic E-state index is -0.422. The number of carbonyl (C=O) groups excluding carboxylic acids is 1. The predicted molar refractivity (Wildman–Crippen MR) is 74.6 cm³/mol. The number of rotatable bonds is 2. The summed E-state index contributed by atoms with van der Waals surface area (Å²) < 4.78 is 13.3. The molecular weight excluding hydrogens is 315 g/mol. The van der Waals surface area contributed by atoms with Gasteiger partial charge in [0.25, 0.3) is 5.91 Å². The molecule has 0 bridgehead atoms. The third-order valence-electron chi connectivity index (χ3n) is 2.47. The average Bonchev–Trinajstić information content (AvgIpc) is 2.37. The summed E-state index contributed by atoms with van der Waals surface area (Å²) in [6, 6.07) is 8.32. The Kier molecular flexibility index (Phi) is 3.71. The van der Waals surface area contributed by atoms with Crippen molar-refractivity contribution in [3.05, 3.63) is 52.3 Å². The van der Waals surface area contributed by atoms with Crippen molar-refractivity contribution in [3.8, 4) is 5.75 Å². The molecule has 0 unspecified atom stereocenters. The number of halogens is 2. The Labute approximate surface area is 117 Å². The zero-order valence-electron chi connectivity index (χ0n) is 9.65. The van der Waals surface area contributed by atoms with E-state index in [1.54, 1.807) is 0 Å². The first kappa shape index (κ1) is 13.4. The number of nitrogens with one attached hydrogen (secondary N) is 1. The summed E-state index contributed by atoms with van der Waals surface area (Å²) in [5.74, 6) is -0.995. The fourth-order valence-electron chi connectivity index (χ4n) is 1.46. The number of phenolic OH excluding ortho intramolecular Hbond substituents is 1. The highest BCUT2D eigenvalue weighted by Gasteiger charge is 2.09. The summed E-state index contributed by atoms with van der Waals surface area (Å²) >= 11 is 3.03. The Morgan fingerprint density at radius 3 is 2.63 bits per heavy atom. The molecule has 2 aromatic rings. The van der Waals surface area contributed by atoms with Crippen molar-refractivity contribution >= 4 is 33.2 Å². The number of hydrogen-bond donors (Lipinski definition) is 3. The summed E-state index contributed by atoms with van der Waals surface area (Å²) in [6.45, 7) is 0. The Morgan fingerprint density at radius 1 is 1.26 bits per heavy atom. The van der Waals surface area contributed by atoms with E-state index in [-0.39, 0.29) is 21.5 Å². The fraction of sp³-hybridized carbons (Fsp3) is 0. The second-order valence-electron chi connectivity index (χ2n) is 3.86. The normalized spacial score (nSPS) is 10.2.